The van der Waals surface area contributed by atoms with Gasteiger partial charge in [0.15, 0.2) is 5.96 Å². The zero-order valence-electron chi connectivity index (χ0n) is 18.6. The summed E-state index contributed by atoms with van der Waals surface area (Å²) in [5.74, 6) is 0.838. The highest BCUT2D eigenvalue weighted by molar-refractivity contribution is 5.80. The van der Waals surface area contributed by atoms with Crippen LogP contribution in [0.1, 0.15) is 37.8 Å². The predicted octanol–water partition coefficient (Wildman–Crippen LogP) is 2.26. The van der Waals surface area contributed by atoms with Crippen molar-refractivity contribution in [3.63, 3.8) is 0 Å². The minimum Gasteiger partial charge on any atom is -0.469 e. The fourth-order valence-electron chi connectivity index (χ4n) is 4.20. The van der Waals surface area contributed by atoms with Crippen LogP contribution in [-0.4, -0.2) is 74.3 Å². The van der Waals surface area contributed by atoms with Crippen molar-refractivity contribution in [1.29, 1.82) is 0 Å². The molecule has 0 saturated carbocycles. The predicted molar refractivity (Wildman–Crippen MR) is 118 cm³/mol. The number of hydrogen-bond acceptors (Lipinski definition) is 5. The van der Waals surface area contributed by atoms with E-state index >= 15 is 0 Å². The van der Waals surface area contributed by atoms with Gasteiger partial charge in [0, 0.05) is 39.3 Å². The molecule has 30 heavy (non-hydrogen) atoms. The molecule has 0 spiro atoms. The van der Waals surface area contributed by atoms with Crippen molar-refractivity contribution >= 4 is 11.9 Å². The molecule has 0 bridgehead atoms. The molecule has 1 N–H and O–H groups in total. The molecule has 0 radical (unpaired) electrons. The molecule has 0 amide bonds. The van der Waals surface area contributed by atoms with Gasteiger partial charge in [-0.25, -0.2) is 4.99 Å². The lowest BCUT2D eigenvalue weighted by atomic mass is 9.97. The first-order chi connectivity index (χ1) is 14.6. The number of guanidine groups is 1. The van der Waals surface area contributed by atoms with Gasteiger partial charge in [-0.2, -0.15) is 0 Å². The Kier molecular flexibility index (Phi) is 8.51. The molecule has 1 unspecified atom stereocenters. The molecule has 166 valence electrons. The lowest BCUT2D eigenvalue weighted by Gasteiger charge is -2.33. The quantitative estimate of drug-likeness (QED) is 0.436. The summed E-state index contributed by atoms with van der Waals surface area (Å²) in [5, 5.41) is 3.40. The largest absolute Gasteiger partial charge is 0.469 e. The van der Waals surface area contributed by atoms with Gasteiger partial charge in [-0.1, -0.05) is 24.3 Å². The number of carbonyl (C=O) groups excluding carboxylic acids is 1. The van der Waals surface area contributed by atoms with E-state index in [9.17, 15) is 4.79 Å². The number of ether oxygens (including phenoxy) is 2. The number of rotatable bonds is 6. The van der Waals surface area contributed by atoms with Crippen molar-refractivity contribution < 1.29 is 14.3 Å². The Labute approximate surface area is 180 Å². The van der Waals surface area contributed by atoms with Gasteiger partial charge in [0.25, 0.3) is 0 Å². The summed E-state index contributed by atoms with van der Waals surface area (Å²) < 4.78 is 10.5. The topological polar surface area (TPSA) is 66.4 Å². The van der Waals surface area contributed by atoms with Crippen LogP contribution in [-0.2, 0) is 27.4 Å². The number of nitrogens with one attached hydrogen (secondary N) is 1. The fourth-order valence-corrected chi connectivity index (χ4v) is 4.20. The van der Waals surface area contributed by atoms with E-state index in [4.69, 9.17) is 14.5 Å². The lowest BCUT2D eigenvalue weighted by Crippen LogP contribution is -2.46. The molecule has 7 heteroatoms. The van der Waals surface area contributed by atoms with Crippen LogP contribution in [0.2, 0.25) is 0 Å². The van der Waals surface area contributed by atoms with E-state index in [0.29, 0.717) is 12.6 Å². The molecule has 1 aromatic rings. The number of likely N-dealkylation sites (tertiary alicyclic amines) is 1. The van der Waals surface area contributed by atoms with E-state index in [1.165, 1.54) is 18.2 Å². The Hall–Kier alpha value is -2.12. The van der Waals surface area contributed by atoms with Crippen molar-refractivity contribution in [1.82, 2.24) is 15.1 Å². The van der Waals surface area contributed by atoms with Gasteiger partial charge in [-0.05, 0) is 37.8 Å². The second-order valence-corrected chi connectivity index (χ2v) is 8.19. The number of esters is 1. The minimum absolute atomic E-state index is 0.00807. The Bertz CT molecular complexity index is 716. The van der Waals surface area contributed by atoms with Gasteiger partial charge in [-0.3, -0.25) is 9.69 Å². The van der Waals surface area contributed by atoms with Crippen molar-refractivity contribution in [3.05, 3.63) is 35.4 Å². The maximum absolute atomic E-state index is 11.8. The van der Waals surface area contributed by atoms with E-state index in [-0.39, 0.29) is 11.9 Å². The molecule has 7 nitrogen and oxygen atoms in total. The third-order valence-electron chi connectivity index (χ3n) is 5.80. The summed E-state index contributed by atoms with van der Waals surface area (Å²) >= 11 is 0. The molecule has 2 saturated heterocycles. The van der Waals surface area contributed by atoms with Crippen LogP contribution in [0.4, 0.5) is 0 Å². The third kappa shape index (κ3) is 6.44. The second-order valence-electron chi connectivity index (χ2n) is 8.19. The molecule has 2 fully saturated rings. The summed E-state index contributed by atoms with van der Waals surface area (Å²) in [4.78, 5) is 21.4. The number of aliphatic imine (C=N–C) groups is 1. The third-order valence-corrected chi connectivity index (χ3v) is 5.80. The summed E-state index contributed by atoms with van der Waals surface area (Å²) in [6, 6.07) is 8.72. The Morgan fingerprint density at radius 2 is 2.03 bits per heavy atom. The normalized spacial score (nSPS) is 21.5. The van der Waals surface area contributed by atoms with E-state index in [1.807, 2.05) is 0 Å². The van der Waals surface area contributed by atoms with Gasteiger partial charge in [-0.15, -0.1) is 0 Å². The molecule has 1 atom stereocenters. The first kappa shape index (κ1) is 22.6. The van der Waals surface area contributed by atoms with Crippen molar-refractivity contribution in [2.24, 2.45) is 10.9 Å². The zero-order chi connectivity index (χ0) is 21.3. The average molecular weight is 417 g/mol. The average Bonchev–Trinajstić information content (AvgIpc) is 2.76. The smallest absolute Gasteiger partial charge is 0.308 e. The van der Waals surface area contributed by atoms with Crippen LogP contribution < -0.4 is 5.32 Å². The van der Waals surface area contributed by atoms with E-state index < -0.39 is 0 Å². The highest BCUT2D eigenvalue weighted by Gasteiger charge is 2.27. The Balaban J connectivity index is 1.59. The first-order valence-electron chi connectivity index (χ1n) is 11.1. The number of carbonyl (C=O) groups is 1. The van der Waals surface area contributed by atoms with E-state index in [1.54, 1.807) is 0 Å². The highest BCUT2D eigenvalue weighted by Crippen LogP contribution is 2.19. The Morgan fingerprint density at radius 1 is 1.27 bits per heavy atom. The van der Waals surface area contributed by atoms with Gasteiger partial charge in [0.1, 0.15) is 0 Å². The van der Waals surface area contributed by atoms with E-state index in [2.05, 4.69) is 53.2 Å². The Morgan fingerprint density at radius 3 is 2.73 bits per heavy atom. The van der Waals surface area contributed by atoms with Gasteiger partial charge in [0.05, 0.1) is 32.3 Å². The summed E-state index contributed by atoms with van der Waals surface area (Å²) in [6.07, 6.45) is 1.92. The SMILES string of the molecule is CCNC(=NCc1cccc(CN2CCOC(C)C2)c1)N1CCC(C(=O)OC)CC1. The zero-order valence-corrected chi connectivity index (χ0v) is 18.6. The maximum atomic E-state index is 11.8. The maximum Gasteiger partial charge on any atom is 0.308 e. The molecule has 2 aliphatic rings. The van der Waals surface area contributed by atoms with Gasteiger partial charge in [0.2, 0.25) is 0 Å². The first-order valence-corrected chi connectivity index (χ1v) is 11.1. The van der Waals surface area contributed by atoms with Crippen LogP contribution in [0.15, 0.2) is 29.3 Å². The van der Waals surface area contributed by atoms with Crippen LogP contribution in [0.3, 0.4) is 0 Å². The summed E-state index contributed by atoms with van der Waals surface area (Å²) in [5.41, 5.74) is 2.54. The van der Waals surface area contributed by atoms with Crippen LogP contribution >= 0.6 is 0 Å². The number of methoxy groups -OCH3 is 1. The highest BCUT2D eigenvalue weighted by atomic mass is 16.5. The molecule has 3 rings (SSSR count). The van der Waals surface area contributed by atoms with Gasteiger partial charge >= 0.3 is 5.97 Å². The second kappa shape index (κ2) is 11.3. The molecular formula is C23H36N4O3. The lowest BCUT2D eigenvalue weighted by molar-refractivity contribution is -0.146. The monoisotopic (exact) mass is 416 g/mol. The summed E-state index contributed by atoms with van der Waals surface area (Å²) in [7, 11) is 1.47. The minimum atomic E-state index is -0.0944. The van der Waals surface area contributed by atoms with Crippen molar-refractivity contribution in [3.8, 4) is 0 Å². The number of benzene rings is 1. The number of hydrogen-bond donors (Lipinski definition) is 1. The molecule has 1 aromatic carbocycles. The standard InChI is InChI=1S/C23H36N4O3/c1-4-24-23(27-10-8-21(9-11-27)22(28)29-3)25-15-19-6-5-7-20(14-19)17-26-12-13-30-18(2)16-26/h5-7,14,18,21H,4,8-13,15-17H2,1-3H3,(H,24,25). The molecule has 0 aliphatic carbocycles. The fraction of sp³-hybridized carbons (Fsp3) is 0.652. The molecule has 2 aliphatic heterocycles. The van der Waals surface area contributed by atoms with Crippen LogP contribution in [0.5, 0.6) is 0 Å². The van der Waals surface area contributed by atoms with Gasteiger partial charge < -0.3 is 19.7 Å². The molecular weight excluding hydrogens is 380 g/mol. The van der Waals surface area contributed by atoms with Crippen molar-refractivity contribution in [2.75, 3.05) is 46.4 Å². The number of piperidine rings is 1. The van der Waals surface area contributed by atoms with E-state index in [0.717, 1.165) is 64.7 Å². The molecule has 0 aromatic heterocycles. The number of nitrogens with zero attached hydrogens (tertiary/aromatic N) is 3. The van der Waals surface area contributed by atoms with Crippen LogP contribution in [0.25, 0.3) is 0 Å². The van der Waals surface area contributed by atoms with Crippen molar-refractivity contribution in [2.45, 2.75) is 45.9 Å². The summed E-state index contributed by atoms with van der Waals surface area (Å²) in [6.45, 7) is 11.1. The molecule has 2 heterocycles. The number of morpholine rings is 1. The van der Waals surface area contributed by atoms with Crippen LogP contribution in [0, 0.1) is 5.92 Å².